The number of hydrogen-bond acceptors (Lipinski definition) is 4. The Morgan fingerprint density at radius 1 is 1.44 bits per heavy atom. The van der Waals surface area contributed by atoms with Crippen molar-refractivity contribution in [3.8, 4) is 0 Å². The Balaban J connectivity index is 0.000000360. The molecule has 0 saturated carbocycles. The van der Waals surface area contributed by atoms with E-state index in [9.17, 15) is 13.2 Å². The molecule has 1 heterocycles. The third-order valence-corrected chi connectivity index (χ3v) is 2.14. The predicted molar refractivity (Wildman–Crippen MR) is 57.4 cm³/mol. The van der Waals surface area contributed by atoms with E-state index in [1.165, 1.54) is 12.8 Å². The molecule has 1 fully saturated rings. The van der Waals surface area contributed by atoms with E-state index in [4.69, 9.17) is 19.4 Å². The summed E-state index contributed by atoms with van der Waals surface area (Å²) in [6, 6.07) is 0. The van der Waals surface area contributed by atoms with Crippen molar-refractivity contribution < 1.29 is 32.5 Å². The lowest BCUT2D eigenvalue weighted by atomic mass is 10.1. The zero-order valence-electron chi connectivity index (χ0n) is 10.1. The normalized spacial score (nSPS) is 19.9. The van der Waals surface area contributed by atoms with Crippen LogP contribution in [0.1, 0.15) is 12.8 Å². The van der Waals surface area contributed by atoms with Crippen LogP contribution < -0.4 is 5.32 Å². The summed E-state index contributed by atoms with van der Waals surface area (Å²) in [5.74, 6) is -2.76. The Hall–Kier alpha value is -0.860. The molecule has 5 nitrogen and oxygen atoms in total. The average molecular weight is 273 g/mol. The van der Waals surface area contributed by atoms with Gasteiger partial charge in [0, 0.05) is 13.7 Å². The Kier molecular flexibility index (Phi) is 8.69. The van der Waals surface area contributed by atoms with Crippen molar-refractivity contribution in [3.05, 3.63) is 0 Å². The van der Waals surface area contributed by atoms with E-state index < -0.39 is 12.1 Å². The molecule has 1 saturated heterocycles. The molecule has 0 aromatic carbocycles. The summed E-state index contributed by atoms with van der Waals surface area (Å²) in [5.41, 5.74) is 0. The Morgan fingerprint density at radius 3 is 2.44 bits per heavy atom. The molecule has 0 aliphatic carbocycles. The standard InChI is InChI=1S/C8H17NO2.C2HF3O2/c1-10-5-6-11-8-3-2-4-9-7-8;3-2(4,5)1(6)7/h8-9H,2-7H2,1H3;(H,6,7)/t8-;/m0./s1. The molecule has 2 N–H and O–H groups in total. The van der Waals surface area contributed by atoms with Gasteiger partial charge in [-0.1, -0.05) is 0 Å². The van der Waals surface area contributed by atoms with Crippen molar-refractivity contribution in [2.24, 2.45) is 0 Å². The van der Waals surface area contributed by atoms with Gasteiger partial charge in [-0.15, -0.1) is 0 Å². The van der Waals surface area contributed by atoms with Crippen LogP contribution in [-0.2, 0) is 14.3 Å². The Morgan fingerprint density at radius 2 is 2.06 bits per heavy atom. The molecule has 0 radical (unpaired) electrons. The van der Waals surface area contributed by atoms with Gasteiger partial charge in [-0.2, -0.15) is 13.2 Å². The fourth-order valence-electron chi connectivity index (χ4n) is 1.26. The zero-order valence-corrected chi connectivity index (χ0v) is 10.1. The number of ether oxygens (including phenoxy) is 2. The first-order chi connectivity index (χ1) is 8.38. The fourth-order valence-corrected chi connectivity index (χ4v) is 1.26. The first-order valence-corrected chi connectivity index (χ1v) is 5.49. The third kappa shape index (κ3) is 9.20. The number of carboxylic acid groups (broad SMARTS) is 1. The van der Waals surface area contributed by atoms with Gasteiger partial charge in [0.05, 0.1) is 19.3 Å². The average Bonchev–Trinajstić information content (AvgIpc) is 2.30. The molecule has 0 aromatic rings. The second-order valence-corrected chi connectivity index (χ2v) is 3.63. The number of carbonyl (C=O) groups is 1. The number of hydrogen-bond donors (Lipinski definition) is 2. The van der Waals surface area contributed by atoms with Crippen molar-refractivity contribution in [1.29, 1.82) is 0 Å². The summed E-state index contributed by atoms with van der Waals surface area (Å²) >= 11 is 0. The van der Waals surface area contributed by atoms with E-state index in [-0.39, 0.29) is 0 Å². The maximum atomic E-state index is 10.6. The number of carboxylic acids is 1. The minimum absolute atomic E-state index is 0.416. The molecule has 1 aliphatic heterocycles. The van der Waals surface area contributed by atoms with Gasteiger partial charge in [-0.3, -0.25) is 0 Å². The van der Waals surface area contributed by atoms with Crippen LogP contribution in [-0.4, -0.2) is 56.8 Å². The first kappa shape index (κ1) is 17.1. The fraction of sp³-hybridized carbons (Fsp3) is 0.900. The van der Waals surface area contributed by atoms with Gasteiger partial charge in [0.2, 0.25) is 0 Å². The summed E-state index contributed by atoms with van der Waals surface area (Å²) in [7, 11) is 1.70. The molecule has 0 unspecified atom stereocenters. The third-order valence-electron chi connectivity index (χ3n) is 2.14. The van der Waals surface area contributed by atoms with Crippen molar-refractivity contribution in [3.63, 3.8) is 0 Å². The van der Waals surface area contributed by atoms with E-state index in [0.717, 1.165) is 19.7 Å². The smallest absolute Gasteiger partial charge is 0.475 e. The minimum Gasteiger partial charge on any atom is -0.475 e. The quantitative estimate of drug-likeness (QED) is 0.749. The SMILES string of the molecule is COCCO[C@H]1CCCNC1.O=C(O)C(F)(F)F. The van der Waals surface area contributed by atoms with E-state index in [1.807, 2.05) is 0 Å². The Labute approximate surface area is 103 Å². The zero-order chi connectivity index (χ0) is 14.0. The van der Waals surface area contributed by atoms with Crippen LogP contribution in [0.4, 0.5) is 13.2 Å². The number of methoxy groups -OCH3 is 1. The van der Waals surface area contributed by atoms with Gasteiger partial charge in [0.25, 0.3) is 0 Å². The van der Waals surface area contributed by atoms with Crippen LogP contribution in [0.2, 0.25) is 0 Å². The summed E-state index contributed by atoms with van der Waals surface area (Å²) < 4.78 is 42.2. The first-order valence-electron chi connectivity index (χ1n) is 5.49. The van der Waals surface area contributed by atoms with Gasteiger partial charge in [-0.25, -0.2) is 4.79 Å². The predicted octanol–water partition coefficient (Wildman–Crippen LogP) is 1.03. The van der Waals surface area contributed by atoms with Crippen LogP contribution >= 0.6 is 0 Å². The summed E-state index contributed by atoms with van der Waals surface area (Å²) in [6.07, 6.45) is -2.24. The number of rotatable bonds is 4. The highest BCUT2D eigenvalue weighted by Gasteiger charge is 2.38. The molecule has 1 aliphatic rings. The van der Waals surface area contributed by atoms with E-state index in [1.54, 1.807) is 7.11 Å². The van der Waals surface area contributed by atoms with Crippen molar-refractivity contribution in [2.45, 2.75) is 25.1 Å². The van der Waals surface area contributed by atoms with Gasteiger partial charge < -0.3 is 19.9 Å². The minimum atomic E-state index is -5.08. The highest BCUT2D eigenvalue weighted by atomic mass is 19.4. The van der Waals surface area contributed by atoms with Gasteiger partial charge >= 0.3 is 12.1 Å². The maximum absolute atomic E-state index is 10.6. The molecule has 0 amide bonds. The van der Waals surface area contributed by atoms with Crippen LogP contribution in [0, 0.1) is 0 Å². The van der Waals surface area contributed by atoms with Crippen molar-refractivity contribution in [2.75, 3.05) is 33.4 Å². The lowest BCUT2D eigenvalue weighted by Crippen LogP contribution is -2.35. The van der Waals surface area contributed by atoms with E-state index in [0.29, 0.717) is 12.7 Å². The summed E-state index contributed by atoms with van der Waals surface area (Å²) in [5, 5.41) is 10.4. The van der Waals surface area contributed by atoms with Gasteiger partial charge in [0.1, 0.15) is 0 Å². The lowest BCUT2D eigenvalue weighted by molar-refractivity contribution is -0.192. The maximum Gasteiger partial charge on any atom is 0.490 e. The molecule has 0 bridgehead atoms. The van der Waals surface area contributed by atoms with Crippen LogP contribution in [0.15, 0.2) is 0 Å². The number of nitrogens with one attached hydrogen (secondary N) is 1. The second-order valence-electron chi connectivity index (χ2n) is 3.63. The number of alkyl halides is 3. The topological polar surface area (TPSA) is 67.8 Å². The summed E-state index contributed by atoms with van der Waals surface area (Å²) in [6.45, 7) is 3.58. The highest BCUT2D eigenvalue weighted by molar-refractivity contribution is 5.73. The van der Waals surface area contributed by atoms with Crippen molar-refractivity contribution >= 4 is 5.97 Å². The number of aliphatic carboxylic acids is 1. The number of piperidine rings is 1. The highest BCUT2D eigenvalue weighted by Crippen LogP contribution is 2.13. The molecule has 1 atom stereocenters. The Bertz CT molecular complexity index is 230. The van der Waals surface area contributed by atoms with Crippen molar-refractivity contribution in [1.82, 2.24) is 5.32 Å². The molecule has 0 aromatic heterocycles. The largest absolute Gasteiger partial charge is 0.490 e. The number of halogens is 3. The van der Waals surface area contributed by atoms with Gasteiger partial charge in [0.15, 0.2) is 0 Å². The lowest BCUT2D eigenvalue weighted by Gasteiger charge is -2.22. The monoisotopic (exact) mass is 273 g/mol. The molecule has 1 rings (SSSR count). The van der Waals surface area contributed by atoms with Crippen LogP contribution in [0.25, 0.3) is 0 Å². The second kappa shape index (κ2) is 9.12. The summed E-state index contributed by atoms with van der Waals surface area (Å²) in [4.78, 5) is 8.90. The van der Waals surface area contributed by atoms with E-state index in [2.05, 4.69) is 5.32 Å². The molecular weight excluding hydrogens is 255 g/mol. The molecule has 0 spiro atoms. The molecule has 18 heavy (non-hydrogen) atoms. The van der Waals surface area contributed by atoms with Crippen LogP contribution in [0.5, 0.6) is 0 Å². The molecule has 8 heteroatoms. The van der Waals surface area contributed by atoms with Gasteiger partial charge in [-0.05, 0) is 19.4 Å². The van der Waals surface area contributed by atoms with E-state index >= 15 is 0 Å². The van der Waals surface area contributed by atoms with Crippen LogP contribution in [0.3, 0.4) is 0 Å². The molecule has 108 valence electrons. The molecular formula is C10H18F3NO4.